The van der Waals surface area contributed by atoms with Crippen molar-refractivity contribution in [3.63, 3.8) is 0 Å². The molecule has 1 aliphatic rings. The minimum atomic E-state index is -3.92. The lowest BCUT2D eigenvalue weighted by Crippen LogP contribution is -2.49. The van der Waals surface area contributed by atoms with Crippen molar-refractivity contribution in [1.29, 1.82) is 0 Å². The summed E-state index contributed by atoms with van der Waals surface area (Å²) >= 11 is 0. The number of nitrogens with one attached hydrogen (secondary N) is 1. The third kappa shape index (κ3) is 6.93. The molecule has 2 N–H and O–H groups in total. The van der Waals surface area contributed by atoms with Crippen LogP contribution in [0.1, 0.15) is 29.8 Å². The molecular formula is C30H37N3O6S. The number of carbonyl (C=O) groups excluding carboxylic acids is 1. The van der Waals surface area contributed by atoms with Gasteiger partial charge in [-0.1, -0.05) is 37.3 Å². The van der Waals surface area contributed by atoms with Crippen molar-refractivity contribution < 1.29 is 27.8 Å². The second-order valence-corrected chi connectivity index (χ2v) is 12.0. The lowest BCUT2D eigenvalue weighted by molar-refractivity contribution is 0.0341. The normalized spacial score (nSPS) is 18.4. The van der Waals surface area contributed by atoms with Gasteiger partial charge in [-0.3, -0.25) is 14.4 Å². The van der Waals surface area contributed by atoms with Crippen molar-refractivity contribution in [3.05, 3.63) is 83.9 Å². The van der Waals surface area contributed by atoms with Crippen LogP contribution in [0.15, 0.2) is 77.7 Å². The third-order valence-corrected chi connectivity index (χ3v) is 8.47. The van der Waals surface area contributed by atoms with Gasteiger partial charge in [0.1, 0.15) is 17.6 Å². The number of nitrogens with zero attached hydrogens (tertiary/aromatic N) is 2. The van der Waals surface area contributed by atoms with Gasteiger partial charge in [-0.2, -0.15) is 0 Å². The van der Waals surface area contributed by atoms with Crippen LogP contribution in [0.4, 0.5) is 5.69 Å². The Morgan fingerprint density at radius 2 is 1.82 bits per heavy atom. The Morgan fingerprint density at radius 3 is 2.48 bits per heavy atom. The number of fused-ring (bicyclic) bond motifs is 1. The first kappa shape index (κ1) is 29.4. The molecule has 3 aromatic rings. The molecule has 0 saturated heterocycles. The molecule has 1 heterocycles. The third-order valence-electron chi connectivity index (χ3n) is 7.07. The predicted molar refractivity (Wildman–Crippen MR) is 154 cm³/mol. The Morgan fingerprint density at radius 1 is 1.12 bits per heavy atom. The van der Waals surface area contributed by atoms with Crippen molar-refractivity contribution in [3.8, 4) is 11.5 Å². The number of hydrogen-bond acceptors (Lipinski definition) is 7. The smallest absolute Gasteiger partial charge is 0.261 e. The molecule has 0 spiro atoms. The second-order valence-electron chi connectivity index (χ2n) is 10.3. The van der Waals surface area contributed by atoms with Gasteiger partial charge in [0.2, 0.25) is 0 Å². The molecule has 0 aromatic heterocycles. The number of rotatable bonds is 10. The molecule has 1 aliphatic heterocycles. The van der Waals surface area contributed by atoms with E-state index in [1.165, 1.54) is 30.9 Å². The topological polar surface area (TPSA) is 108 Å². The molecule has 3 aromatic carbocycles. The number of ether oxygens (including phenoxy) is 2. The molecule has 1 amide bonds. The van der Waals surface area contributed by atoms with Crippen molar-refractivity contribution in [1.82, 2.24) is 9.80 Å². The van der Waals surface area contributed by atoms with E-state index in [1.54, 1.807) is 36.1 Å². The fourth-order valence-corrected chi connectivity index (χ4v) is 5.79. The van der Waals surface area contributed by atoms with Gasteiger partial charge >= 0.3 is 0 Å². The van der Waals surface area contributed by atoms with E-state index in [0.717, 1.165) is 6.54 Å². The van der Waals surface area contributed by atoms with E-state index < -0.39 is 16.1 Å². The number of anilines is 1. The zero-order valence-corrected chi connectivity index (χ0v) is 24.1. The van der Waals surface area contributed by atoms with Crippen LogP contribution in [-0.2, 0) is 16.6 Å². The molecule has 40 heavy (non-hydrogen) atoms. The minimum Gasteiger partial charge on any atom is -0.497 e. The monoisotopic (exact) mass is 567 g/mol. The molecule has 0 saturated carbocycles. The lowest BCUT2D eigenvalue weighted by atomic mass is 9.99. The number of hydrogen-bond donors (Lipinski definition) is 2. The number of likely N-dealkylation sites (N-methyl/N-ethyl adjacent to an activating group) is 1. The van der Waals surface area contributed by atoms with Crippen molar-refractivity contribution in [2.45, 2.75) is 37.4 Å². The highest BCUT2D eigenvalue weighted by molar-refractivity contribution is 7.92. The number of aliphatic hydroxyl groups excluding tert-OH is 1. The van der Waals surface area contributed by atoms with Gasteiger partial charge in [0.15, 0.2) is 0 Å². The maximum absolute atomic E-state index is 13.7. The number of methoxy groups -OCH3 is 1. The van der Waals surface area contributed by atoms with Crippen molar-refractivity contribution in [2.24, 2.45) is 5.92 Å². The van der Waals surface area contributed by atoms with Gasteiger partial charge in [-0.15, -0.1) is 0 Å². The highest BCUT2D eigenvalue weighted by Gasteiger charge is 2.33. The van der Waals surface area contributed by atoms with Gasteiger partial charge in [-0.05, 0) is 62.0 Å². The summed E-state index contributed by atoms with van der Waals surface area (Å²) in [6.07, 6.45) is -0.254. The highest BCUT2D eigenvalue weighted by atomic mass is 32.2. The van der Waals surface area contributed by atoms with Crippen LogP contribution in [0.25, 0.3) is 0 Å². The summed E-state index contributed by atoms with van der Waals surface area (Å²) in [4.78, 5) is 17.6. The summed E-state index contributed by atoms with van der Waals surface area (Å²) in [6, 6.07) is 20.5. The molecule has 0 unspecified atom stereocenters. The molecule has 3 atom stereocenters. The standard InChI is InChI=1S/C30H37N3O6S/c1-21-17-33(22(2)20-34)30(35)27-16-24(31-40(36,37)26-13-11-25(38-4)12-14-26)10-15-28(27)39-29(21)19-32(3)18-23-8-6-5-7-9-23/h5-16,21-22,29,31,34H,17-20H2,1-4H3/t21-,22-,29+/m1/s1. The Labute approximate surface area is 236 Å². The first-order valence-corrected chi connectivity index (χ1v) is 14.7. The van der Waals surface area contributed by atoms with Crippen LogP contribution in [0.2, 0.25) is 0 Å². The zero-order valence-electron chi connectivity index (χ0n) is 23.3. The number of carbonyl (C=O) groups is 1. The quantitative estimate of drug-likeness (QED) is 0.383. The van der Waals surface area contributed by atoms with Crippen molar-refractivity contribution in [2.75, 3.05) is 38.6 Å². The zero-order chi connectivity index (χ0) is 28.9. The van der Waals surface area contributed by atoms with Gasteiger partial charge < -0.3 is 19.5 Å². The summed E-state index contributed by atoms with van der Waals surface area (Å²) in [5, 5.41) is 9.91. The Kier molecular flexibility index (Phi) is 9.34. The SMILES string of the molecule is COc1ccc(S(=O)(=O)Nc2ccc3c(c2)C(=O)N([C@H](C)CO)C[C@@H](C)[C@H](CN(C)Cc2ccccc2)O3)cc1. The predicted octanol–water partition coefficient (Wildman–Crippen LogP) is 3.85. The summed E-state index contributed by atoms with van der Waals surface area (Å²) in [7, 11) is -0.383. The van der Waals surface area contributed by atoms with E-state index in [0.29, 0.717) is 24.6 Å². The van der Waals surface area contributed by atoms with Crippen LogP contribution in [0.3, 0.4) is 0 Å². The molecule has 0 bridgehead atoms. The molecule has 10 heteroatoms. The van der Waals surface area contributed by atoms with Crippen LogP contribution < -0.4 is 14.2 Å². The molecular weight excluding hydrogens is 530 g/mol. The van der Waals surface area contributed by atoms with Crippen LogP contribution >= 0.6 is 0 Å². The Hall–Kier alpha value is -3.60. The molecule has 4 rings (SSSR count). The van der Waals surface area contributed by atoms with E-state index in [2.05, 4.69) is 21.8 Å². The lowest BCUT2D eigenvalue weighted by Gasteiger charge is -2.38. The molecule has 0 aliphatic carbocycles. The maximum Gasteiger partial charge on any atom is 0.261 e. The average Bonchev–Trinajstić information content (AvgIpc) is 2.95. The van der Waals surface area contributed by atoms with E-state index in [4.69, 9.17) is 9.47 Å². The van der Waals surface area contributed by atoms with E-state index in [1.807, 2.05) is 32.2 Å². The highest BCUT2D eigenvalue weighted by Crippen LogP contribution is 2.31. The first-order valence-electron chi connectivity index (χ1n) is 13.2. The number of aliphatic hydroxyl groups is 1. The first-order chi connectivity index (χ1) is 19.1. The Bertz CT molecular complexity index is 1400. The Balaban J connectivity index is 1.62. The minimum absolute atomic E-state index is 0.0300. The number of amides is 1. The number of benzene rings is 3. The van der Waals surface area contributed by atoms with Gasteiger partial charge in [-0.25, -0.2) is 8.42 Å². The summed E-state index contributed by atoms with van der Waals surface area (Å²) < 4.78 is 40.2. The van der Waals surface area contributed by atoms with Crippen LogP contribution in [-0.4, -0.2) is 75.2 Å². The van der Waals surface area contributed by atoms with Gasteiger partial charge in [0.25, 0.3) is 15.9 Å². The molecule has 9 nitrogen and oxygen atoms in total. The maximum atomic E-state index is 13.7. The largest absolute Gasteiger partial charge is 0.497 e. The fraction of sp³-hybridized carbons (Fsp3) is 0.367. The van der Waals surface area contributed by atoms with Gasteiger partial charge in [0.05, 0.1) is 30.2 Å². The molecule has 0 fully saturated rings. The van der Waals surface area contributed by atoms with E-state index >= 15 is 0 Å². The molecule has 0 radical (unpaired) electrons. The summed E-state index contributed by atoms with van der Waals surface area (Å²) in [5.74, 6) is 0.554. The summed E-state index contributed by atoms with van der Waals surface area (Å²) in [6.45, 7) is 5.36. The average molecular weight is 568 g/mol. The summed E-state index contributed by atoms with van der Waals surface area (Å²) in [5.41, 5.74) is 1.65. The van der Waals surface area contributed by atoms with E-state index in [9.17, 15) is 18.3 Å². The second kappa shape index (κ2) is 12.7. The number of sulfonamides is 1. The van der Waals surface area contributed by atoms with Crippen molar-refractivity contribution >= 4 is 21.6 Å². The molecule has 214 valence electrons. The van der Waals surface area contributed by atoms with Crippen LogP contribution in [0.5, 0.6) is 11.5 Å². The van der Waals surface area contributed by atoms with E-state index in [-0.39, 0.29) is 40.7 Å². The van der Waals surface area contributed by atoms with Crippen LogP contribution in [0, 0.1) is 5.92 Å². The van der Waals surface area contributed by atoms with Gasteiger partial charge in [0, 0.05) is 31.2 Å². The fourth-order valence-electron chi connectivity index (χ4n) is 4.74.